The van der Waals surface area contributed by atoms with Crippen LogP contribution in [0, 0.1) is 0 Å². The van der Waals surface area contributed by atoms with E-state index in [9.17, 15) is 4.79 Å². The van der Waals surface area contributed by atoms with Crippen molar-refractivity contribution in [1.29, 1.82) is 0 Å². The third-order valence-corrected chi connectivity index (χ3v) is 2.70. The van der Waals surface area contributed by atoms with Crippen LogP contribution in [0.4, 0.5) is 0 Å². The number of carboxylic acid groups (broad SMARTS) is 1. The van der Waals surface area contributed by atoms with Crippen molar-refractivity contribution >= 4 is 21.9 Å². The molecule has 0 saturated heterocycles. The van der Waals surface area contributed by atoms with Gasteiger partial charge in [-0.15, -0.1) is 0 Å². The SMILES string of the molecule is CCC(Oc1ccc(Br)c(OC)c1)C(=O)O. The van der Waals surface area contributed by atoms with Gasteiger partial charge in [-0.2, -0.15) is 0 Å². The number of hydrogen-bond donors (Lipinski definition) is 1. The predicted octanol–water partition coefficient (Wildman–Crippen LogP) is 2.70. The second kappa shape index (κ2) is 5.75. The maximum atomic E-state index is 10.8. The largest absolute Gasteiger partial charge is 0.495 e. The standard InChI is InChI=1S/C11H13BrO4/c1-3-9(11(13)14)16-7-4-5-8(12)10(6-7)15-2/h4-6,9H,3H2,1-2H3,(H,13,14). The van der Waals surface area contributed by atoms with Gasteiger partial charge in [-0.3, -0.25) is 0 Å². The lowest BCUT2D eigenvalue weighted by Gasteiger charge is -2.14. The summed E-state index contributed by atoms with van der Waals surface area (Å²) in [6.07, 6.45) is -0.417. The van der Waals surface area contributed by atoms with Gasteiger partial charge >= 0.3 is 5.97 Å². The molecule has 1 atom stereocenters. The molecule has 1 aromatic carbocycles. The van der Waals surface area contributed by atoms with E-state index in [1.54, 1.807) is 32.2 Å². The first-order valence-corrected chi connectivity index (χ1v) is 5.60. The average molecular weight is 289 g/mol. The Morgan fingerprint density at radius 3 is 2.75 bits per heavy atom. The lowest BCUT2D eigenvalue weighted by atomic mass is 10.2. The number of methoxy groups -OCH3 is 1. The molecular weight excluding hydrogens is 276 g/mol. The van der Waals surface area contributed by atoms with Gasteiger partial charge in [-0.25, -0.2) is 4.79 Å². The Hall–Kier alpha value is -1.23. The van der Waals surface area contributed by atoms with E-state index in [0.717, 1.165) is 4.47 Å². The van der Waals surface area contributed by atoms with Crippen LogP contribution in [0.25, 0.3) is 0 Å². The Balaban J connectivity index is 2.84. The molecule has 0 radical (unpaired) electrons. The molecule has 0 aliphatic heterocycles. The summed E-state index contributed by atoms with van der Waals surface area (Å²) in [7, 11) is 1.54. The monoisotopic (exact) mass is 288 g/mol. The molecule has 1 unspecified atom stereocenters. The van der Waals surface area contributed by atoms with Crippen molar-refractivity contribution in [3.8, 4) is 11.5 Å². The van der Waals surface area contributed by atoms with Gasteiger partial charge in [0.25, 0.3) is 0 Å². The maximum absolute atomic E-state index is 10.8. The lowest BCUT2D eigenvalue weighted by molar-refractivity contribution is -0.145. The van der Waals surface area contributed by atoms with E-state index in [4.69, 9.17) is 14.6 Å². The van der Waals surface area contributed by atoms with Crippen molar-refractivity contribution in [2.24, 2.45) is 0 Å². The van der Waals surface area contributed by atoms with Crippen LogP contribution in [0.15, 0.2) is 22.7 Å². The first-order valence-electron chi connectivity index (χ1n) is 4.81. The van der Waals surface area contributed by atoms with Crippen LogP contribution in [-0.2, 0) is 4.79 Å². The van der Waals surface area contributed by atoms with E-state index in [1.165, 1.54) is 0 Å². The van der Waals surface area contributed by atoms with Gasteiger partial charge in [0.1, 0.15) is 11.5 Å². The fourth-order valence-corrected chi connectivity index (χ4v) is 1.59. The number of ether oxygens (including phenoxy) is 2. The minimum atomic E-state index is -0.968. The Kier molecular flexibility index (Phi) is 4.61. The number of carbonyl (C=O) groups is 1. The van der Waals surface area contributed by atoms with Crippen molar-refractivity contribution in [2.45, 2.75) is 19.4 Å². The number of benzene rings is 1. The summed E-state index contributed by atoms with van der Waals surface area (Å²) >= 11 is 3.31. The summed E-state index contributed by atoms with van der Waals surface area (Å²) in [6, 6.07) is 5.09. The average Bonchev–Trinajstić information content (AvgIpc) is 2.27. The molecule has 0 aliphatic rings. The van der Waals surface area contributed by atoms with Gasteiger partial charge in [0, 0.05) is 6.07 Å². The molecule has 5 heteroatoms. The topological polar surface area (TPSA) is 55.8 Å². The van der Waals surface area contributed by atoms with Gasteiger partial charge in [0.2, 0.25) is 0 Å². The first kappa shape index (κ1) is 12.8. The first-order chi connectivity index (χ1) is 7.58. The summed E-state index contributed by atoms with van der Waals surface area (Å²) in [4.78, 5) is 10.8. The number of halogens is 1. The Morgan fingerprint density at radius 2 is 2.25 bits per heavy atom. The second-order valence-corrected chi connectivity index (χ2v) is 4.00. The molecule has 0 fully saturated rings. The molecule has 1 rings (SSSR count). The Labute approximate surface area is 102 Å². The highest BCUT2D eigenvalue weighted by Gasteiger charge is 2.17. The molecule has 4 nitrogen and oxygen atoms in total. The molecule has 0 saturated carbocycles. The number of carboxylic acids is 1. The Bertz CT molecular complexity index is 378. The molecule has 1 N–H and O–H groups in total. The van der Waals surface area contributed by atoms with E-state index in [-0.39, 0.29) is 0 Å². The zero-order valence-corrected chi connectivity index (χ0v) is 10.7. The maximum Gasteiger partial charge on any atom is 0.344 e. The van der Waals surface area contributed by atoms with Crippen molar-refractivity contribution in [3.63, 3.8) is 0 Å². The third kappa shape index (κ3) is 3.13. The van der Waals surface area contributed by atoms with Crippen LogP contribution < -0.4 is 9.47 Å². The summed E-state index contributed by atoms with van der Waals surface area (Å²) in [5, 5.41) is 8.85. The number of hydrogen-bond acceptors (Lipinski definition) is 3. The van der Waals surface area contributed by atoms with Crippen molar-refractivity contribution < 1.29 is 19.4 Å². The van der Waals surface area contributed by atoms with Crippen molar-refractivity contribution in [2.75, 3.05) is 7.11 Å². The van der Waals surface area contributed by atoms with Crippen LogP contribution >= 0.6 is 15.9 Å². The van der Waals surface area contributed by atoms with Crippen LogP contribution in [0.5, 0.6) is 11.5 Å². The minimum Gasteiger partial charge on any atom is -0.495 e. The predicted molar refractivity (Wildman–Crippen MR) is 63.0 cm³/mol. The van der Waals surface area contributed by atoms with E-state index < -0.39 is 12.1 Å². The van der Waals surface area contributed by atoms with Crippen LogP contribution in [0.2, 0.25) is 0 Å². The van der Waals surface area contributed by atoms with Gasteiger partial charge in [0.05, 0.1) is 11.6 Å². The quantitative estimate of drug-likeness (QED) is 0.905. The van der Waals surface area contributed by atoms with Gasteiger partial charge in [0.15, 0.2) is 6.10 Å². The molecule has 88 valence electrons. The van der Waals surface area contributed by atoms with E-state index in [2.05, 4.69) is 15.9 Å². The van der Waals surface area contributed by atoms with Crippen LogP contribution in [0.3, 0.4) is 0 Å². The summed E-state index contributed by atoms with van der Waals surface area (Å²) < 4.78 is 11.2. The smallest absolute Gasteiger partial charge is 0.344 e. The normalized spacial score (nSPS) is 11.9. The van der Waals surface area contributed by atoms with Gasteiger partial charge in [-0.05, 0) is 34.5 Å². The fraction of sp³-hybridized carbons (Fsp3) is 0.364. The highest BCUT2D eigenvalue weighted by molar-refractivity contribution is 9.10. The number of aliphatic carboxylic acids is 1. The molecule has 0 spiro atoms. The van der Waals surface area contributed by atoms with Crippen molar-refractivity contribution in [3.05, 3.63) is 22.7 Å². The van der Waals surface area contributed by atoms with Crippen LogP contribution in [-0.4, -0.2) is 24.3 Å². The van der Waals surface area contributed by atoms with Gasteiger partial charge < -0.3 is 14.6 Å². The highest BCUT2D eigenvalue weighted by atomic mass is 79.9. The molecular formula is C11H13BrO4. The highest BCUT2D eigenvalue weighted by Crippen LogP contribution is 2.29. The second-order valence-electron chi connectivity index (χ2n) is 3.15. The molecule has 0 aliphatic carbocycles. The van der Waals surface area contributed by atoms with E-state index in [1.807, 2.05) is 0 Å². The zero-order valence-electron chi connectivity index (χ0n) is 9.07. The summed E-state index contributed by atoms with van der Waals surface area (Å²) in [6.45, 7) is 1.76. The summed E-state index contributed by atoms with van der Waals surface area (Å²) in [5.41, 5.74) is 0. The molecule has 0 amide bonds. The Morgan fingerprint density at radius 1 is 1.56 bits per heavy atom. The molecule has 0 heterocycles. The zero-order chi connectivity index (χ0) is 12.1. The lowest BCUT2D eigenvalue weighted by Crippen LogP contribution is -2.25. The van der Waals surface area contributed by atoms with Gasteiger partial charge in [-0.1, -0.05) is 6.92 Å². The molecule has 0 bridgehead atoms. The summed E-state index contributed by atoms with van der Waals surface area (Å²) in [5.74, 6) is 0.122. The molecule has 0 aromatic heterocycles. The minimum absolute atomic E-state index is 0.410. The van der Waals surface area contributed by atoms with Crippen molar-refractivity contribution in [1.82, 2.24) is 0 Å². The van der Waals surface area contributed by atoms with Crippen LogP contribution in [0.1, 0.15) is 13.3 Å². The van der Waals surface area contributed by atoms with E-state index >= 15 is 0 Å². The molecule has 16 heavy (non-hydrogen) atoms. The third-order valence-electron chi connectivity index (χ3n) is 2.05. The fourth-order valence-electron chi connectivity index (χ4n) is 1.19. The number of rotatable bonds is 5. The molecule has 1 aromatic rings. The van der Waals surface area contributed by atoms with E-state index in [0.29, 0.717) is 17.9 Å².